The molecule has 0 saturated carbocycles. The minimum atomic E-state index is 0.000840. The number of aryl methyl sites for hydroxylation is 1. The first-order chi connectivity index (χ1) is 16.5. The molecular weight excluding hydrogens is 450 g/mol. The number of carbonyl (C=O) groups excluding carboxylic acids is 1. The van der Waals surface area contributed by atoms with Crippen molar-refractivity contribution in [3.8, 4) is 17.5 Å². The van der Waals surface area contributed by atoms with Crippen LogP contribution in [0.25, 0.3) is 11.4 Å². The molecule has 1 aliphatic heterocycles. The highest BCUT2D eigenvalue weighted by Crippen LogP contribution is 2.33. The summed E-state index contributed by atoms with van der Waals surface area (Å²) in [5.41, 5.74) is 4.02. The molecule has 1 fully saturated rings. The summed E-state index contributed by atoms with van der Waals surface area (Å²) in [6.45, 7) is 3.85. The number of benzene rings is 2. The molecule has 8 heteroatoms. The molecule has 1 amide bonds. The van der Waals surface area contributed by atoms with E-state index in [0.29, 0.717) is 60.3 Å². The van der Waals surface area contributed by atoms with E-state index in [1.807, 2.05) is 48.2 Å². The van der Waals surface area contributed by atoms with Crippen LogP contribution in [-0.4, -0.2) is 52.8 Å². The number of rotatable bonds is 7. The number of H-pyrrole nitrogens is 1. The van der Waals surface area contributed by atoms with Gasteiger partial charge >= 0.3 is 0 Å². The summed E-state index contributed by atoms with van der Waals surface area (Å²) in [6.07, 6.45) is 2.97. The number of halogens is 1. The van der Waals surface area contributed by atoms with Gasteiger partial charge in [-0.2, -0.15) is 5.26 Å². The Morgan fingerprint density at radius 1 is 1.26 bits per heavy atom. The van der Waals surface area contributed by atoms with Crippen LogP contribution in [0, 0.1) is 11.3 Å². The highest BCUT2D eigenvalue weighted by molar-refractivity contribution is 6.33. The first kappa shape index (κ1) is 23.9. The van der Waals surface area contributed by atoms with Crippen LogP contribution in [0.5, 0.6) is 0 Å². The van der Waals surface area contributed by atoms with Crippen LogP contribution in [0.1, 0.15) is 58.6 Å². The molecule has 0 radical (unpaired) electrons. The van der Waals surface area contributed by atoms with E-state index in [1.165, 1.54) is 0 Å². The number of nitrogens with one attached hydrogen (secondary N) is 1. The first-order valence-electron chi connectivity index (χ1n) is 11.6. The molecule has 1 saturated heterocycles. The number of nitriles is 1. The number of hydrogen-bond donors (Lipinski definition) is 1. The van der Waals surface area contributed by atoms with Crippen molar-refractivity contribution in [1.82, 2.24) is 20.1 Å². The van der Waals surface area contributed by atoms with E-state index in [1.54, 1.807) is 7.11 Å². The van der Waals surface area contributed by atoms with Crippen molar-refractivity contribution in [1.29, 1.82) is 5.26 Å². The van der Waals surface area contributed by atoms with Gasteiger partial charge in [-0.1, -0.05) is 36.7 Å². The van der Waals surface area contributed by atoms with Crippen molar-refractivity contribution in [2.24, 2.45) is 0 Å². The Hall–Kier alpha value is -3.21. The summed E-state index contributed by atoms with van der Waals surface area (Å²) in [4.78, 5) is 18.6. The summed E-state index contributed by atoms with van der Waals surface area (Å²) >= 11 is 6.57. The monoisotopic (exact) mass is 477 g/mol. The highest BCUT2D eigenvalue weighted by atomic mass is 35.5. The second kappa shape index (κ2) is 10.8. The fraction of sp³-hybridized carbons (Fsp3) is 0.385. The summed E-state index contributed by atoms with van der Waals surface area (Å²) < 4.78 is 5.10. The van der Waals surface area contributed by atoms with Crippen molar-refractivity contribution in [3.05, 3.63) is 69.5 Å². The third kappa shape index (κ3) is 4.98. The summed E-state index contributed by atoms with van der Waals surface area (Å²) in [5.74, 6) is 1.53. The Balaban J connectivity index is 1.54. The van der Waals surface area contributed by atoms with Crippen molar-refractivity contribution < 1.29 is 9.53 Å². The molecule has 0 spiro atoms. The van der Waals surface area contributed by atoms with Crippen LogP contribution in [0.3, 0.4) is 0 Å². The number of carbonyl (C=O) groups is 1. The molecule has 3 aromatic rings. The molecule has 2 aromatic carbocycles. The molecule has 4 rings (SSSR count). The lowest BCUT2D eigenvalue weighted by molar-refractivity contribution is 0.0712. The van der Waals surface area contributed by atoms with Crippen molar-refractivity contribution in [2.45, 2.75) is 38.5 Å². The SMILES string of the molecule is CCc1cc(Cl)c(-c2nnc(CCOC)[nH]2)cc1C(=O)N1CCC(c2ccccc2C#N)CC1. The average Bonchev–Trinajstić information content (AvgIpc) is 3.35. The topological polar surface area (TPSA) is 94.9 Å². The quantitative estimate of drug-likeness (QED) is 0.529. The predicted molar refractivity (Wildman–Crippen MR) is 131 cm³/mol. The lowest BCUT2D eigenvalue weighted by atomic mass is 9.86. The molecule has 1 aromatic heterocycles. The Labute approximate surface area is 204 Å². The number of hydrogen-bond acceptors (Lipinski definition) is 5. The second-order valence-electron chi connectivity index (χ2n) is 8.47. The van der Waals surface area contributed by atoms with Gasteiger partial charge in [0.2, 0.25) is 0 Å². The van der Waals surface area contributed by atoms with E-state index >= 15 is 0 Å². The van der Waals surface area contributed by atoms with Gasteiger partial charge in [0.1, 0.15) is 5.82 Å². The maximum absolute atomic E-state index is 13.6. The van der Waals surface area contributed by atoms with Crippen LogP contribution >= 0.6 is 11.6 Å². The molecule has 2 heterocycles. The molecule has 0 atom stereocenters. The smallest absolute Gasteiger partial charge is 0.254 e. The zero-order valence-corrected chi connectivity index (χ0v) is 20.2. The van der Waals surface area contributed by atoms with Crippen LogP contribution in [0.2, 0.25) is 5.02 Å². The first-order valence-corrected chi connectivity index (χ1v) is 11.9. The van der Waals surface area contributed by atoms with Gasteiger partial charge in [-0.15, -0.1) is 10.2 Å². The van der Waals surface area contributed by atoms with Gasteiger partial charge in [-0.25, -0.2) is 0 Å². The molecule has 7 nitrogen and oxygen atoms in total. The van der Waals surface area contributed by atoms with Crippen LogP contribution in [0.4, 0.5) is 0 Å². The van der Waals surface area contributed by atoms with E-state index < -0.39 is 0 Å². The predicted octanol–water partition coefficient (Wildman–Crippen LogP) is 4.77. The molecule has 1 aliphatic rings. The van der Waals surface area contributed by atoms with Crippen molar-refractivity contribution in [2.75, 3.05) is 26.8 Å². The van der Waals surface area contributed by atoms with E-state index in [4.69, 9.17) is 16.3 Å². The number of amides is 1. The number of nitrogens with zero attached hydrogens (tertiary/aromatic N) is 4. The van der Waals surface area contributed by atoms with Gasteiger partial charge in [0.25, 0.3) is 5.91 Å². The number of ether oxygens (including phenoxy) is 1. The number of methoxy groups -OCH3 is 1. The van der Waals surface area contributed by atoms with E-state index in [9.17, 15) is 10.1 Å². The van der Waals surface area contributed by atoms with Gasteiger partial charge in [0.05, 0.1) is 23.3 Å². The normalized spacial score (nSPS) is 14.2. The molecule has 176 valence electrons. The van der Waals surface area contributed by atoms with Gasteiger partial charge in [0.15, 0.2) is 5.82 Å². The largest absolute Gasteiger partial charge is 0.384 e. The zero-order valence-electron chi connectivity index (χ0n) is 19.5. The number of aromatic nitrogens is 3. The summed E-state index contributed by atoms with van der Waals surface area (Å²) in [7, 11) is 1.64. The van der Waals surface area contributed by atoms with Crippen LogP contribution < -0.4 is 0 Å². The van der Waals surface area contributed by atoms with Gasteiger partial charge in [-0.3, -0.25) is 4.79 Å². The Morgan fingerprint density at radius 3 is 2.74 bits per heavy atom. The zero-order chi connectivity index (χ0) is 24.1. The van der Waals surface area contributed by atoms with Gasteiger partial charge in [0, 0.05) is 37.7 Å². The molecule has 0 unspecified atom stereocenters. The molecule has 1 N–H and O–H groups in total. The third-order valence-electron chi connectivity index (χ3n) is 6.44. The highest BCUT2D eigenvalue weighted by Gasteiger charge is 2.27. The molecular formula is C26H28ClN5O2. The van der Waals surface area contributed by atoms with E-state index in [2.05, 4.69) is 21.3 Å². The maximum atomic E-state index is 13.6. The standard InChI is InChI=1S/C26H28ClN5O2/c1-3-17-14-23(27)22(25-29-24(30-31-25)10-13-34-2)15-21(17)26(33)32-11-8-18(9-12-32)20-7-5-4-6-19(20)16-28/h4-7,14-15,18H,3,8-13H2,1-2H3,(H,29,30,31). The average molecular weight is 478 g/mol. The van der Waals surface area contributed by atoms with E-state index in [-0.39, 0.29) is 11.8 Å². The van der Waals surface area contributed by atoms with Crippen molar-refractivity contribution >= 4 is 17.5 Å². The van der Waals surface area contributed by atoms with Gasteiger partial charge in [-0.05, 0) is 54.5 Å². The number of aromatic amines is 1. The summed E-state index contributed by atoms with van der Waals surface area (Å²) in [6, 6.07) is 13.7. The maximum Gasteiger partial charge on any atom is 0.254 e. The lowest BCUT2D eigenvalue weighted by Gasteiger charge is -2.33. The minimum Gasteiger partial charge on any atom is -0.384 e. The molecule has 0 aliphatic carbocycles. The number of piperidine rings is 1. The lowest BCUT2D eigenvalue weighted by Crippen LogP contribution is -2.38. The summed E-state index contributed by atoms with van der Waals surface area (Å²) in [5, 5.41) is 18.4. The van der Waals surface area contributed by atoms with Crippen LogP contribution in [0.15, 0.2) is 36.4 Å². The van der Waals surface area contributed by atoms with E-state index in [0.717, 1.165) is 29.5 Å². The van der Waals surface area contributed by atoms with Crippen LogP contribution in [-0.2, 0) is 17.6 Å². The third-order valence-corrected chi connectivity index (χ3v) is 6.75. The second-order valence-corrected chi connectivity index (χ2v) is 8.88. The molecule has 34 heavy (non-hydrogen) atoms. The number of likely N-dealkylation sites (tertiary alicyclic amines) is 1. The molecule has 0 bridgehead atoms. The Morgan fingerprint density at radius 2 is 2.03 bits per heavy atom. The Kier molecular flexibility index (Phi) is 7.61. The Bertz CT molecular complexity index is 1210. The minimum absolute atomic E-state index is 0.000840. The fourth-order valence-corrected chi connectivity index (χ4v) is 4.81. The fourth-order valence-electron chi connectivity index (χ4n) is 4.54. The van der Waals surface area contributed by atoms with Gasteiger partial charge < -0.3 is 14.6 Å². The van der Waals surface area contributed by atoms with Crippen molar-refractivity contribution in [3.63, 3.8) is 0 Å².